The van der Waals surface area contributed by atoms with E-state index in [9.17, 15) is 0 Å². The van der Waals surface area contributed by atoms with Gasteiger partial charge in [-0.2, -0.15) is 0 Å². The van der Waals surface area contributed by atoms with Crippen molar-refractivity contribution in [3.8, 4) is 11.1 Å². The minimum atomic E-state index is 0.634. The van der Waals surface area contributed by atoms with Gasteiger partial charge in [-0.25, -0.2) is 0 Å². The van der Waals surface area contributed by atoms with Crippen LogP contribution in [-0.2, 0) is 6.42 Å². The lowest BCUT2D eigenvalue weighted by molar-refractivity contribution is 0.0837. The van der Waals surface area contributed by atoms with Gasteiger partial charge in [0.25, 0.3) is 0 Å². The minimum Gasteiger partial charge on any atom is -0.314 e. The Hall–Kier alpha value is -1.64. The monoisotopic (exact) mass is 318 g/mol. The van der Waals surface area contributed by atoms with Gasteiger partial charge in [0.05, 0.1) is 0 Å². The molecule has 0 unspecified atom stereocenters. The number of fused-ring (bicyclic) bond motifs is 3. The molecule has 1 saturated heterocycles. The molecule has 0 spiro atoms. The first-order valence-electron chi connectivity index (χ1n) is 9.56. The quantitative estimate of drug-likeness (QED) is 0.785. The van der Waals surface area contributed by atoms with Gasteiger partial charge in [0.15, 0.2) is 0 Å². The predicted molar refractivity (Wildman–Crippen MR) is 99.2 cm³/mol. The van der Waals surface area contributed by atoms with Crippen LogP contribution in [0.4, 0.5) is 0 Å². The van der Waals surface area contributed by atoms with Crippen LogP contribution in [0, 0.1) is 5.92 Å². The summed E-state index contributed by atoms with van der Waals surface area (Å²) in [6.45, 7) is 4.66. The normalized spacial score (nSPS) is 21.8. The topological polar surface area (TPSA) is 15.3 Å². The summed E-state index contributed by atoms with van der Waals surface area (Å²) in [6.07, 6.45) is 5.35. The average Bonchev–Trinajstić information content (AvgIpc) is 2.96. The summed E-state index contributed by atoms with van der Waals surface area (Å²) in [7, 11) is 0. The summed E-state index contributed by atoms with van der Waals surface area (Å²) in [6, 6.07) is 16.9. The van der Waals surface area contributed by atoms with E-state index in [0.717, 1.165) is 25.4 Å². The van der Waals surface area contributed by atoms with Crippen molar-refractivity contribution < 1.29 is 0 Å². The summed E-state index contributed by atoms with van der Waals surface area (Å²) in [5.41, 5.74) is 7.50. The Kier molecular flexibility index (Phi) is 3.68. The highest BCUT2D eigenvalue weighted by Gasteiger charge is 2.34. The van der Waals surface area contributed by atoms with Crippen molar-refractivity contribution in [2.75, 3.05) is 26.2 Å². The summed E-state index contributed by atoms with van der Waals surface area (Å²) in [5.74, 6) is 0.866. The fraction of sp³-hybridized carbons (Fsp3) is 0.455. The molecule has 1 heterocycles. The summed E-state index contributed by atoms with van der Waals surface area (Å²) >= 11 is 0. The molecule has 24 heavy (non-hydrogen) atoms. The molecule has 1 N–H and O–H groups in total. The third-order valence-corrected chi connectivity index (χ3v) is 6.30. The summed E-state index contributed by atoms with van der Waals surface area (Å²) in [4.78, 5) is 2.74. The predicted octanol–water partition coefficient (Wildman–Crippen LogP) is 4.00. The summed E-state index contributed by atoms with van der Waals surface area (Å²) in [5, 5.41) is 3.51. The molecule has 1 atom stereocenters. The van der Waals surface area contributed by atoms with E-state index in [0.29, 0.717) is 6.04 Å². The molecule has 0 amide bonds. The van der Waals surface area contributed by atoms with Crippen LogP contribution in [0.5, 0.6) is 0 Å². The average molecular weight is 318 g/mol. The van der Waals surface area contributed by atoms with Gasteiger partial charge in [-0.3, -0.25) is 4.90 Å². The van der Waals surface area contributed by atoms with Crippen molar-refractivity contribution in [3.05, 3.63) is 59.2 Å². The molecule has 2 aromatic carbocycles. The van der Waals surface area contributed by atoms with Crippen LogP contribution in [-0.4, -0.2) is 31.1 Å². The molecular weight excluding hydrogens is 292 g/mol. The van der Waals surface area contributed by atoms with E-state index in [1.807, 2.05) is 0 Å². The van der Waals surface area contributed by atoms with E-state index >= 15 is 0 Å². The largest absolute Gasteiger partial charge is 0.314 e. The molecule has 124 valence electrons. The molecular formula is C22H26N2. The van der Waals surface area contributed by atoms with Gasteiger partial charge < -0.3 is 5.32 Å². The van der Waals surface area contributed by atoms with Gasteiger partial charge >= 0.3 is 0 Å². The molecule has 2 aliphatic carbocycles. The first kappa shape index (κ1) is 14.7. The van der Waals surface area contributed by atoms with Crippen LogP contribution in [0.15, 0.2) is 42.5 Å². The standard InChI is InChI=1S/C22H26N2/c1-2-7-20-17(4-1)14-19-15-18(8-9-21(19)20)22(16-5-3-6-16)24-12-10-23-11-13-24/h1-2,4,7-9,15-16,22-23H,3,5-6,10-14H2/t22-/m0/s1. The molecule has 2 heteroatoms. The molecule has 0 radical (unpaired) electrons. The number of benzene rings is 2. The van der Waals surface area contributed by atoms with Gasteiger partial charge in [-0.05, 0) is 53.0 Å². The minimum absolute atomic E-state index is 0.634. The van der Waals surface area contributed by atoms with Crippen molar-refractivity contribution in [3.63, 3.8) is 0 Å². The molecule has 1 saturated carbocycles. The zero-order chi connectivity index (χ0) is 15.9. The van der Waals surface area contributed by atoms with Crippen LogP contribution in [0.3, 0.4) is 0 Å². The Labute approximate surface area is 144 Å². The Morgan fingerprint density at radius 1 is 0.917 bits per heavy atom. The maximum Gasteiger partial charge on any atom is 0.0377 e. The number of hydrogen-bond acceptors (Lipinski definition) is 2. The molecule has 2 nitrogen and oxygen atoms in total. The Bertz CT molecular complexity index is 741. The van der Waals surface area contributed by atoms with Gasteiger partial charge in [-0.1, -0.05) is 48.9 Å². The zero-order valence-corrected chi connectivity index (χ0v) is 14.3. The van der Waals surface area contributed by atoms with Gasteiger partial charge in [0.1, 0.15) is 0 Å². The van der Waals surface area contributed by atoms with E-state index in [4.69, 9.17) is 0 Å². The highest BCUT2D eigenvalue weighted by Crippen LogP contribution is 2.44. The maximum atomic E-state index is 3.51. The molecule has 0 bridgehead atoms. The Morgan fingerprint density at radius 3 is 2.50 bits per heavy atom. The Balaban J connectivity index is 1.50. The second-order valence-corrected chi connectivity index (χ2v) is 7.67. The van der Waals surface area contributed by atoms with E-state index in [1.54, 1.807) is 5.56 Å². The number of nitrogens with zero attached hydrogens (tertiary/aromatic N) is 1. The lowest BCUT2D eigenvalue weighted by Gasteiger charge is -2.43. The molecule has 2 aromatic rings. The van der Waals surface area contributed by atoms with Crippen LogP contribution in [0.25, 0.3) is 11.1 Å². The molecule has 1 aliphatic heterocycles. The van der Waals surface area contributed by atoms with Gasteiger partial charge in [-0.15, -0.1) is 0 Å². The summed E-state index contributed by atoms with van der Waals surface area (Å²) < 4.78 is 0. The molecule has 5 rings (SSSR count). The highest BCUT2D eigenvalue weighted by molar-refractivity contribution is 5.77. The number of piperazine rings is 1. The maximum absolute atomic E-state index is 3.51. The van der Waals surface area contributed by atoms with Crippen molar-refractivity contribution in [1.29, 1.82) is 0 Å². The molecule has 0 aromatic heterocycles. The fourth-order valence-electron chi connectivity index (χ4n) is 4.85. The first-order chi connectivity index (χ1) is 11.9. The van der Waals surface area contributed by atoms with Crippen molar-refractivity contribution in [1.82, 2.24) is 10.2 Å². The smallest absolute Gasteiger partial charge is 0.0377 e. The van der Waals surface area contributed by atoms with Crippen molar-refractivity contribution >= 4 is 0 Å². The van der Waals surface area contributed by atoms with E-state index in [1.165, 1.54) is 54.6 Å². The van der Waals surface area contributed by atoms with Crippen molar-refractivity contribution in [2.24, 2.45) is 5.92 Å². The van der Waals surface area contributed by atoms with Crippen LogP contribution >= 0.6 is 0 Å². The highest BCUT2D eigenvalue weighted by atomic mass is 15.2. The lowest BCUT2D eigenvalue weighted by atomic mass is 9.76. The van der Waals surface area contributed by atoms with E-state index in [-0.39, 0.29) is 0 Å². The lowest BCUT2D eigenvalue weighted by Crippen LogP contribution is -2.47. The van der Waals surface area contributed by atoms with Crippen LogP contribution in [0.1, 0.15) is 42.0 Å². The third kappa shape index (κ3) is 2.40. The van der Waals surface area contributed by atoms with Crippen LogP contribution < -0.4 is 5.32 Å². The number of hydrogen-bond donors (Lipinski definition) is 1. The SMILES string of the molecule is c1ccc2c(c1)Cc1cc([C@H](C3CCC3)N3CCNCC3)ccc1-2. The van der Waals surface area contributed by atoms with Gasteiger partial charge in [0.2, 0.25) is 0 Å². The van der Waals surface area contributed by atoms with E-state index < -0.39 is 0 Å². The second kappa shape index (κ2) is 6.02. The first-order valence-corrected chi connectivity index (χ1v) is 9.56. The Morgan fingerprint density at radius 2 is 1.71 bits per heavy atom. The number of rotatable bonds is 3. The third-order valence-electron chi connectivity index (χ3n) is 6.30. The molecule has 2 fully saturated rings. The van der Waals surface area contributed by atoms with E-state index in [2.05, 4.69) is 52.7 Å². The fourth-order valence-corrected chi connectivity index (χ4v) is 4.85. The van der Waals surface area contributed by atoms with Crippen LogP contribution in [0.2, 0.25) is 0 Å². The van der Waals surface area contributed by atoms with Crippen molar-refractivity contribution in [2.45, 2.75) is 31.7 Å². The second-order valence-electron chi connectivity index (χ2n) is 7.67. The zero-order valence-electron chi connectivity index (χ0n) is 14.3. The van der Waals surface area contributed by atoms with Gasteiger partial charge in [0, 0.05) is 32.2 Å². The molecule has 3 aliphatic rings. The number of nitrogens with one attached hydrogen (secondary N) is 1.